The molecule has 0 aliphatic carbocycles. The van der Waals surface area contributed by atoms with Crippen molar-refractivity contribution in [3.63, 3.8) is 0 Å². The molecule has 274 valence electrons. The van der Waals surface area contributed by atoms with Crippen molar-refractivity contribution in [2.75, 3.05) is 0 Å². The van der Waals surface area contributed by atoms with Gasteiger partial charge in [0.05, 0.1) is 11.6 Å². The van der Waals surface area contributed by atoms with E-state index < -0.39 is 0 Å². The molecule has 0 aliphatic heterocycles. The van der Waals surface area contributed by atoms with Gasteiger partial charge in [-0.25, -0.2) is 0 Å². The van der Waals surface area contributed by atoms with Crippen LogP contribution in [0.5, 0.6) is 0 Å². The summed E-state index contributed by atoms with van der Waals surface area (Å²) in [7, 11) is 0. The second-order valence-electron chi connectivity index (χ2n) is 16.4. The van der Waals surface area contributed by atoms with Gasteiger partial charge in [-0.1, -0.05) is 158 Å². The lowest BCUT2D eigenvalue weighted by atomic mass is 9.84. The minimum absolute atomic E-state index is 0.720. The second-order valence-corrected chi connectivity index (χ2v) is 16.4. The van der Waals surface area contributed by atoms with Crippen LogP contribution in [-0.4, -0.2) is 0 Å². The van der Waals surface area contributed by atoms with Crippen molar-refractivity contribution in [2.24, 2.45) is 0 Å². The van der Waals surface area contributed by atoms with Crippen LogP contribution in [-0.2, 0) is 0 Å². The molecule has 0 spiro atoms. The van der Waals surface area contributed by atoms with Crippen molar-refractivity contribution in [1.82, 2.24) is 0 Å². The molecule has 0 atom stereocenters. The fraction of sp³-hybridized carbons (Fsp3) is 0.0517. The first-order valence-electron chi connectivity index (χ1n) is 20.5. The number of aryl methyl sites for hydroxylation is 3. The largest absolute Gasteiger partial charge is 0.192 e. The monoisotopic (exact) mass is 747 g/mol. The van der Waals surface area contributed by atoms with Crippen LogP contribution in [0.1, 0.15) is 22.3 Å². The van der Waals surface area contributed by atoms with Crippen LogP contribution in [0.3, 0.4) is 0 Å². The number of fused-ring (bicyclic) bond motifs is 8. The van der Waals surface area contributed by atoms with Crippen LogP contribution in [0.25, 0.3) is 120 Å². The van der Waals surface area contributed by atoms with Gasteiger partial charge in [-0.05, 0) is 170 Å². The smallest absolute Gasteiger partial charge is 0.0994 e. The van der Waals surface area contributed by atoms with Gasteiger partial charge in [0.1, 0.15) is 0 Å². The predicted octanol–water partition coefficient (Wildman–Crippen LogP) is 16.1. The number of benzene rings is 10. The number of nitrogens with zero attached hydrogens (tertiary/aromatic N) is 1. The molecule has 0 saturated carbocycles. The topological polar surface area (TPSA) is 23.8 Å². The standard InChI is InChI=1S/C58H37N/c1-33-24-25-38(30-40(33)32-59)39-28-34(2)51(35(3)29-39)45-26-27-48-54-44(45)21-13-23-47(54)57-52(36-14-6-4-7-15-36)50-31-49-42-19-11-10-18-41(42)43-20-12-22-46(55(43)49)56(50)53(58(48)57)37-16-8-5-9-17-37/h4-31H,1-3H3. The van der Waals surface area contributed by atoms with E-state index in [9.17, 15) is 5.26 Å². The first-order valence-corrected chi connectivity index (χ1v) is 20.5. The fourth-order valence-electron chi connectivity index (χ4n) is 10.7. The van der Waals surface area contributed by atoms with Crippen LogP contribution in [0.4, 0.5) is 0 Å². The molecule has 1 heteroatoms. The number of nitriles is 1. The van der Waals surface area contributed by atoms with E-state index in [0.717, 1.165) is 22.3 Å². The lowest BCUT2D eigenvalue weighted by Gasteiger charge is -2.19. The molecule has 0 N–H and O–H groups in total. The Morgan fingerprint density at radius 1 is 0.305 bits per heavy atom. The average Bonchev–Trinajstić information content (AvgIpc) is 3.78. The van der Waals surface area contributed by atoms with Crippen molar-refractivity contribution in [2.45, 2.75) is 20.8 Å². The molecular formula is C58H37N. The Morgan fingerprint density at radius 3 is 1.54 bits per heavy atom. The van der Waals surface area contributed by atoms with Gasteiger partial charge in [-0.15, -0.1) is 0 Å². The Balaban J connectivity index is 1.25. The molecule has 0 aliphatic rings. The van der Waals surface area contributed by atoms with Crippen molar-refractivity contribution in [1.29, 1.82) is 5.26 Å². The molecule has 0 saturated heterocycles. The van der Waals surface area contributed by atoms with Crippen LogP contribution in [0, 0.1) is 32.1 Å². The van der Waals surface area contributed by atoms with Crippen LogP contribution < -0.4 is 0 Å². The molecule has 0 radical (unpaired) electrons. The lowest BCUT2D eigenvalue weighted by molar-refractivity contribution is 1.37. The average molecular weight is 748 g/mol. The van der Waals surface area contributed by atoms with Gasteiger partial charge >= 0.3 is 0 Å². The summed E-state index contributed by atoms with van der Waals surface area (Å²) in [6.45, 7) is 6.46. The number of rotatable bonds is 4. The normalized spacial score (nSPS) is 12.0. The summed E-state index contributed by atoms with van der Waals surface area (Å²) in [4.78, 5) is 0. The van der Waals surface area contributed by atoms with Crippen LogP contribution in [0.15, 0.2) is 170 Å². The molecule has 1 nitrogen and oxygen atoms in total. The van der Waals surface area contributed by atoms with Crippen LogP contribution in [0.2, 0.25) is 0 Å². The van der Waals surface area contributed by atoms with Gasteiger partial charge in [0.2, 0.25) is 0 Å². The quantitative estimate of drug-likeness (QED) is 0.165. The Hall–Kier alpha value is -7.53. The summed E-state index contributed by atoms with van der Waals surface area (Å²) in [5.41, 5.74) is 13.9. The Labute approximate surface area is 342 Å². The third-order valence-electron chi connectivity index (χ3n) is 13.1. The first-order chi connectivity index (χ1) is 29.0. The number of hydrogen-bond donors (Lipinski definition) is 0. The fourth-order valence-corrected chi connectivity index (χ4v) is 10.7. The van der Waals surface area contributed by atoms with Crippen molar-refractivity contribution in [3.8, 4) is 50.6 Å². The highest BCUT2D eigenvalue weighted by Gasteiger charge is 2.27. The molecule has 12 rings (SSSR count). The summed E-state index contributed by atoms with van der Waals surface area (Å²) in [5, 5.41) is 28.0. The van der Waals surface area contributed by atoms with Crippen molar-refractivity contribution >= 4 is 75.4 Å². The first kappa shape index (κ1) is 33.6. The van der Waals surface area contributed by atoms with Crippen LogP contribution >= 0.6 is 0 Å². The molecule has 12 aromatic rings. The van der Waals surface area contributed by atoms with E-state index in [1.807, 2.05) is 13.0 Å². The van der Waals surface area contributed by atoms with E-state index in [1.54, 1.807) is 0 Å². The lowest BCUT2D eigenvalue weighted by Crippen LogP contribution is -1.93. The zero-order valence-electron chi connectivity index (χ0n) is 33.1. The Kier molecular flexibility index (Phi) is 7.11. The maximum absolute atomic E-state index is 9.78. The highest BCUT2D eigenvalue weighted by Crippen LogP contribution is 2.55. The molecular weight excluding hydrogens is 711 g/mol. The van der Waals surface area contributed by atoms with Gasteiger partial charge in [0.15, 0.2) is 0 Å². The molecule has 0 fully saturated rings. The molecule has 0 bridgehead atoms. The van der Waals surface area contributed by atoms with E-state index in [1.165, 1.54) is 120 Å². The second kappa shape index (κ2) is 12.5. The zero-order valence-corrected chi connectivity index (χ0v) is 33.1. The van der Waals surface area contributed by atoms with Crippen molar-refractivity contribution in [3.05, 3.63) is 192 Å². The zero-order chi connectivity index (χ0) is 39.5. The van der Waals surface area contributed by atoms with Gasteiger partial charge in [0, 0.05) is 0 Å². The molecule has 59 heavy (non-hydrogen) atoms. The summed E-state index contributed by atoms with van der Waals surface area (Å²) in [6, 6.07) is 65.4. The molecule has 0 aromatic heterocycles. The van der Waals surface area contributed by atoms with Crippen molar-refractivity contribution < 1.29 is 0 Å². The highest BCUT2D eigenvalue weighted by molar-refractivity contribution is 6.45. The molecule has 0 heterocycles. The van der Waals surface area contributed by atoms with E-state index in [-0.39, 0.29) is 0 Å². The Morgan fingerprint density at radius 2 is 0.847 bits per heavy atom. The van der Waals surface area contributed by atoms with E-state index in [0.29, 0.717) is 0 Å². The minimum Gasteiger partial charge on any atom is -0.192 e. The van der Waals surface area contributed by atoms with Gasteiger partial charge in [0.25, 0.3) is 0 Å². The Bertz CT molecular complexity index is 3710. The third kappa shape index (κ3) is 4.66. The summed E-state index contributed by atoms with van der Waals surface area (Å²) in [6.07, 6.45) is 0. The summed E-state index contributed by atoms with van der Waals surface area (Å²) >= 11 is 0. The SMILES string of the molecule is Cc1ccc(-c2cc(C)c(-c3ccc4c5c(-c6ccccc6)c6c(cc7c8ccccc8c8cccc6c87)c(-c6ccccc6)c5c5cccc3c54)c(C)c2)cc1C#N. The van der Waals surface area contributed by atoms with E-state index in [4.69, 9.17) is 0 Å². The third-order valence-corrected chi connectivity index (χ3v) is 13.1. The van der Waals surface area contributed by atoms with Gasteiger partial charge in [-0.3, -0.25) is 0 Å². The molecule has 0 amide bonds. The number of hydrogen-bond acceptors (Lipinski definition) is 1. The molecule has 0 unspecified atom stereocenters. The van der Waals surface area contributed by atoms with E-state index in [2.05, 4.69) is 184 Å². The summed E-state index contributed by atoms with van der Waals surface area (Å²) < 4.78 is 0. The van der Waals surface area contributed by atoms with Gasteiger partial charge < -0.3 is 0 Å². The van der Waals surface area contributed by atoms with Gasteiger partial charge in [-0.2, -0.15) is 5.26 Å². The predicted molar refractivity (Wildman–Crippen MR) is 252 cm³/mol. The highest BCUT2D eigenvalue weighted by atomic mass is 14.3. The maximum atomic E-state index is 9.78. The van der Waals surface area contributed by atoms with E-state index >= 15 is 0 Å². The maximum Gasteiger partial charge on any atom is 0.0994 e. The molecule has 12 aromatic carbocycles. The summed E-state index contributed by atoms with van der Waals surface area (Å²) in [5.74, 6) is 0. The minimum atomic E-state index is 0.720.